The van der Waals surface area contributed by atoms with Gasteiger partial charge in [-0.15, -0.1) is 0 Å². The minimum Gasteiger partial charge on any atom is -0.443 e. The largest absolute Gasteiger partial charge is 0.443 e. The summed E-state index contributed by atoms with van der Waals surface area (Å²) in [5.41, 5.74) is -1.74. The number of halogens is 3. The standard InChI is InChI=1S/C19H19F3N4O5/c1-18(2,3)16(28)25-11-4-10(19(20,21)22)5-23-13(11)9-30-17(29)26-6-12-14(7-26)31-15(8-27)24-12/h4-5,8H,6-7,9H2,1-3H3,(H,25,28). The molecule has 0 aromatic carbocycles. The Labute approximate surface area is 174 Å². The number of aromatic nitrogens is 2. The van der Waals surface area contributed by atoms with E-state index < -0.39 is 35.8 Å². The van der Waals surface area contributed by atoms with Crippen LogP contribution in [0.1, 0.15) is 54.2 Å². The van der Waals surface area contributed by atoms with Gasteiger partial charge in [0.25, 0.3) is 5.89 Å². The summed E-state index contributed by atoms with van der Waals surface area (Å²) in [6, 6.07) is 0.745. The number of hydrogen-bond acceptors (Lipinski definition) is 7. The van der Waals surface area contributed by atoms with E-state index in [0.29, 0.717) is 23.9 Å². The van der Waals surface area contributed by atoms with Crippen LogP contribution in [-0.4, -0.2) is 33.2 Å². The minimum atomic E-state index is -4.66. The van der Waals surface area contributed by atoms with Crippen molar-refractivity contribution >= 4 is 24.0 Å². The lowest BCUT2D eigenvalue weighted by atomic mass is 9.95. The van der Waals surface area contributed by atoms with E-state index in [-0.39, 0.29) is 30.4 Å². The molecule has 0 unspecified atom stereocenters. The van der Waals surface area contributed by atoms with Crippen molar-refractivity contribution in [3.63, 3.8) is 0 Å². The molecule has 0 spiro atoms. The maximum absolute atomic E-state index is 13.1. The monoisotopic (exact) mass is 440 g/mol. The molecule has 0 atom stereocenters. The molecule has 0 radical (unpaired) electrons. The normalized spacial score (nSPS) is 13.7. The Bertz CT molecular complexity index is 1000. The number of carbonyl (C=O) groups excluding carboxylic acids is 3. The van der Waals surface area contributed by atoms with Gasteiger partial charge >= 0.3 is 12.3 Å². The third-order valence-electron chi connectivity index (χ3n) is 4.39. The Morgan fingerprint density at radius 2 is 2.00 bits per heavy atom. The number of rotatable bonds is 4. The molecule has 2 aromatic heterocycles. The molecule has 2 amide bonds. The van der Waals surface area contributed by atoms with Crippen LogP contribution >= 0.6 is 0 Å². The predicted octanol–water partition coefficient (Wildman–Crippen LogP) is 3.54. The van der Waals surface area contributed by atoms with Gasteiger partial charge in [0, 0.05) is 11.6 Å². The second-order valence-corrected chi connectivity index (χ2v) is 7.87. The Hall–Kier alpha value is -3.44. The number of amides is 2. The molecule has 166 valence electrons. The SMILES string of the molecule is CC(C)(C)C(=O)Nc1cc(C(F)(F)F)cnc1COC(=O)N1Cc2nc(C=O)oc2C1. The number of carbonyl (C=O) groups is 3. The maximum Gasteiger partial charge on any atom is 0.417 e. The Balaban J connectivity index is 1.72. The average molecular weight is 440 g/mol. The summed E-state index contributed by atoms with van der Waals surface area (Å²) >= 11 is 0. The van der Waals surface area contributed by atoms with E-state index in [1.54, 1.807) is 20.8 Å². The highest BCUT2D eigenvalue weighted by Gasteiger charge is 2.33. The summed E-state index contributed by atoms with van der Waals surface area (Å²) in [5.74, 6) is -0.265. The number of ether oxygens (including phenoxy) is 1. The average Bonchev–Trinajstić information content (AvgIpc) is 3.23. The van der Waals surface area contributed by atoms with Crippen molar-refractivity contribution in [2.45, 2.75) is 46.6 Å². The molecule has 0 fully saturated rings. The van der Waals surface area contributed by atoms with E-state index in [2.05, 4.69) is 15.3 Å². The molecule has 0 saturated carbocycles. The fraction of sp³-hybridized carbons (Fsp3) is 0.421. The summed E-state index contributed by atoms with van der Waals surface area (Å²) in [6.07, 6.45) is -4.39. The van der Waals surface area contributed by atoms with Gasteiger partial charge in [0.1, 0.15) is 23.8 Å². The number of nitrogens with one attached hydrogen (secondary N) is 1. The summed E-state index contributed by atoms with van der Waals surface area (Å²) in [6.45, 7) is 4.42. The number of hydrogen-bond donors (Lipinski definition) is 1. The second-order valence-electron chi connectivity index (χ2n) is 7.87. The number of oxazole rings is 1. The summed E-state index contributed by atoms with van der Waals surface area (Å²) in [4.78, 5) is 44.2. The lowest BCUT2D eigenvalue weighted by molar-refractivity contribution is -0.137. The zero-order valence-corrected chi connectivity index (χ0v) is 16.9. The first kappa shape index (κ1) is 22.2. The van der Waals surface area contributed by atoms with Crippen molar-refractivity contribution in [3.05, 3.63) is 40.9 Å². The number of nitrogens with zero attached hydrogens (tertiary/aromatic N) is 3. The molecule has 2 aromatic rings. The van der Waals surface area contributed by atoms with Crippen LogP contribution in [0, 0.1) is 5.41 Å². The Morgan fingerprint density at radius 3 is 2.58 bits per heavy atom. The fourth-order valence-electron chi connectivity index (χ4n) is 2.64. The molecule has 1 aliphatic rings. The van der Waals surface area contributed by atoms with Crippen molar-refractivity contribution < 1.29 is 36.7 Å². The van der Waals surface area contributed by atoms with Crippen molar-refractivity contribution in [2.75, 3.05) is 5.32 Å². The topological polar surface area (TPSA) is 115 Å². The van der Waals surface area contributed by atoms with Crippen molar-refractivity contribution in [2.24, 2.45) is 5.41 Å². The van der Waals surface area contributed by atoms with Gasteiger partial charge in [0.15, 0.2) is 0 Å². The fourth-order valence-corrected chi connectivity index (χ4v) is 2.64. The molecule has 1 N–H and O–H groups in total. The molecule has 12 heteroatoms. The van der Waals surface area contributed by atoms with Crippen LogP contribution in [0.5, 0.6) is 0 Å². The number of aldehydes is 1. The summed E-state index contributed by atoms with van der Waals surface area (Å²) in [5, 5.41) is 2.41. The van der Waals surface area contributed by atoms with Crippen LogP contribution in [0.15, 0.2) is 16.7 Å². The highest BCUT2D eigenvalue weighted by atomic mass is 19.4. The predicted molar refractivity (Wildman–Crippen MR) is 98.6 cm³/mol. The summed E-state index contributed by atoms with van der Waals surface area (Å²) in [7, 11) is 0. The first-order valence-corrected chi connectivity index (χ1v) is 9.11. The van der Waals surface area contributed by atoms with Crippen molar-refractivity contribution in [1.82, 2.24) is 14.9 Å². The zero-order chi connectivity index (χ0) is 23.0. The molecule has 3 heterocycles. The van der Waals surface area contributed by atoms with Gasteiger partial charge in [0.2, 0.25) is 12.2 Å². The second kappa shape index (κ2) is 8.00. The quantitative estimate of drug-likeness (QED) is 0.723. The van der Waals surface area contributed by atoms with E-state index >= 15 is 0 Å². The highest BCUT2D eigenvalue weighted by Crippen LogP contribution is 2.32. The van der Waals surface area contributed by atoms with Crippen LogP contribution in [0.2, 0.25) is 0 Å². The van der Waals surface area contributed by atoms with Gasteiger partial charge in [-0.2, -0.15) is 13.2 Å². The van der Waals surface area contributed by atoms with Crippen molar-refractivity contribution in [3.8, 4) is 0 Å². The van der Waals surface area contributed by atoms with E-state index in [1.165, 1.54) is 4.90 Å². The Morgan fingerprint density at radius 1 is 1.29 bits per heavy atom. The molecular formula is C19H19F3N4O5. The van der Waals surface area contributed by atoms with Crippen LogP contribution in [0.25, 0.3) is 0 Å². The molecule has 3 rings (SSSR count). The number of alkyl halides is 3. The van der Waals surface area contributed by atoms with Crippen LogP contribution in [0.3, 0.4) is 0 Å². The van der Waals surface area contributed by atoms with Crippen LogP contribution < -0.4 is 5.32 Å². The first-order chi connectivity index (χ1) is 14.4. The third kappa shape index (κ3) is 5.01. The van der Waals surface area contributed by atoms with Crippen LogP contribution in [-0.2, 0) is 35.4 Å². The molecule has 1 aliphatic heterocycles. The molecule has 9 nitrogen and oxygen atoms in total. The lowest BCUT2D eigenvalue weighted by Gasteiger charge is -2.20. The highest BCUT2D eigenvalue weighted by molar-refractivity contribution is 5.95. The zero-order valence-electron chi connectivity index (χ0n) is 16.9. The maximum atomic E-state index is 13.1. The van der Waals surface area contributed by atoms with Gasteiger partial charge in [-0.3, -0.25) is 19.5 Å². The molecular weight excluding hydrogens is 421 g/mol. The molecule has 0 aliphatic carbocycles. The number of fused-ring (bicyclic) bond motifs is 1. The van der Waals surface area contributed by atoms with E-state index in [0.717, 1.165) is 6.07 Å². The van der Waals surface area contributed by atoms with Gasteiger partial charge in [-0.25, -0.2) is 9.78 Å². The van der Waals surface area contributed by atoms with E-state index in [9.17, 15) is 27.6 Å². The Kier molecular flexibility index (Phi) is 5.74. The molecule has 0 saturated heterocycles. The first-order valence-electron chi connectivity index (χ1n) is 9.11. The smallest absolute Gasteiger partial charge is 0.417 e. The number of anilines is 1. The third-order valence-corrected chi connectivity index (χ3v) is 4.39. The number of pyridine rings is 1. The minimum absolute atomic E-state index is 0.0308. The molecule has 0 bridgehead atoms. The van der Waals surface area contributed by atoms with Gasteiger partial charge in [-0.05, 0) is 6.07 Å². The molecule has 31 heavy (non-hydrogen) atoms. The lowest BCUT2D eigenvalue weighted by Crippen LogP contribution is -2.29. The van der Waals surface area contributed by atoms with Crippen molar-refractivity contribution in [1.29, 1.82) is 0 Å². The van der Waals surface area contributed by atoms with Gasteiger partial charge in [0.05, 0.1) is 24.3 Å². The summed E-state index contributed by atoms with van der Waals surface area (Å²) < 4.78 is 49.5. The van der Waals surface area contributed by atoms with Crippen LogP contribution in [0.4, 0.5) is 23.7 Å². The van der Waals surface area contributed by atoms with E-state index in [4.69, 9.17) is 9.15 Å². The van der Waals surface area contributed by atoms with Gasteiger partial charge < -0.3 is 14.5 Å². The van der Waals surface area contributed by atoms with E-state index in [1.807, 2.05) is 0 Å². The van der Waals surface area contributed by atoms with Gasteiger partial charge in [-0.1, -0.05) is 20.8 Å².